The quantitative estimate of drug-likeness (QED) is 0.824. The molecule has 1 nitrogen and oxygen atoms in total. The second kappa shape index (κ2) is 4.06. The van der Waals surface area contributed by atoms with Gasteiger partial charge in [0, 0.05) is 17.0 Å². The molecule has 2 heteroatoms. The minimum Gasteiger partial charge on any atom is -0.396 e. The molecular weight excluding hydrogens is 216 g/mol. The highest BCUT2D eigenvalue weighted by Gasteiger charge is 2.06. The van der Waals surface area contributed by atoms with Crippen LogP contribution in [0.25, 0.3) is 0 Å². The molecule has 0 aliphatic carbocycles. The van der Waals surface area contributed by atoms with E-state index in [0.29, 0.717) is 0 Å². The Hall–Kier alpha value is -0.340. The number of aliphatic hydroxyl groups excluding tert-OH is 1. The summed E-state index contributed by atoms with van der Waals surface area (Å²) in [4.78, 5) is 0. The van der Waals surface area contributed by atoms with E-state index in [2.05, 4.69) is 22.9 Å². The standard InChI is InChI=1S/C10H12BrO/c1-7-3-4-9(11)5-10(7)8(2)6-12/h3-5,8,12H,2,6H2,1H3. The lowest BCUT2D eigenvalue weighted by atomic mass is 9.97. The van der Waals surface area contributed by atoms with Crippen molar-refractivity contribution in [2.75, 3.05) is 6.61 Å². The molecule has 1 radical (unpaired) electrons. The van der Waals surface area contributed by atoms with E-state index in [1.807, 2.05) is 25.1 Å². The lowest BCUT2D eigenvalue weighted by Gasteiger charge is -2.11. The van der Waals surface area contributed by atoms with Crippen LogP contribution in [-0.2, 0) is 0 Å². The van der Waals surface area contributed by atoms with Crippen LogP contribution in [0.2, 0.25) is 0 Å². The summed E-state index contributed by atoms with van der Waals surface area (Å²) in [7, 11) is 0. The summed E-state index contributed by atoms with van der Waals surface area (Å²) in [5.74, 6) is -0.0255. The van der Waals surface area contributed by atoms with Crippen LogP contribution in [0.5, 0.6) is 0 Å². The van der Waals surface area contributed by atoms with Gasteiger partial charge in [0.1, 0.15) is 0 Å². The molecule has 1 aromatic rings. The number of hydrogen-bond donors (Lipinski definition) is 1. The minimum absolute atomic E-state index is 0.0255. The van der Waals surface area contributed by atoms with Crippen molar-refractivity contribution >= 4 is 15.9 Å². The van der Waals surface area contributed by atoms with Crippen molar-refractivity contribution in [3.63, 3.8) is 0 Å². The maximum absolute atomic E-state index is 8.93. The largest absolute Gasteiger partial charge is 0.396 e. The van der Waals surface area contributed by atoms with Gasteiger partial charge in [0.2, 0.25) is 0 Å². The van der Waals surface area contributed by atoms with Gasteiger partial charge in [-0.15, -0.1) is 0 Å². The molecule has 0 aliphatic heterocycles. The van der Waals surface area contributed by atoms with Crippen molar-refractivity contribution in [3.8, 4) is 0 Å². The predicted molar refractivity (Wildman–Crippen MR) is 54.1 cm³/mol. The Morgan fingerprint density at radius 3 is 2.83 bits per heavy atom. The van der Waals surface area contributed by atoms with Gasteiger partial charge in [-0.3, -0.25) is 0 Å². The molecule has 0 aromatic heterocycles. The number of benzene rings is 1. The van der Waals surface area contributed by atoms with E-state index in [-0.39, 0.29) is 12.5 Å². The molecule has 0 amide bonds. The van der Waals surface area contributed by atoms with Crippen molar-refractivity contribution in [2.45, 2.75) is 12.8 Å². The molecule has 1 atom stereocenters. The number of aryl methyl sites for hydroxylation is 1. The van der Waals surface area contributed by atoms with E-state index in [0.717, 1.165) is 10.0 Å². The normalized spacial score (nSPS) is 13.0. The summed E-state index contributed by atoms with van der Waals surface area (Å²) < 4.78 is 1.03. The molecular formula is C10H12BrO. The Balaban J connectivity index is 3.04. The first-order valence-corrected chi connectivity index (χ1v) is 4.64. The zero-order valence-corrected chi connectivity index (χ0v) is 8.63. The van der Waals surface area contributed by atoms with Crippen LogP contribution in [-0.4, -0.2) is 11.7 Å². The molecule has 0 aliphatic rings. The first-order valence-electron chi connectivity index (χ1n) is 3.85. The van der Waals surface area contributed by atoms with E-state index < -0.39 is 0 Å². The summed E-state index contributed by atoms with van der Waals surface area (Å²) in [5, 5.41) is 8.93. The average molecular weight is 228 g/mol. The zero-order chi connectivity index (χ0) is 9.14. The summed E-state index contributed by atoms with van der Waals surface area (Å²) in [6.45, 7) is 5.98. The zero-order valence-electron chi connectivity index (χ0n) is 7.05. The number of hydrogen-bond acceptors (Lipinski definition) is 1. The summed E-state index contributed by atoms with van der Waals surface area (Å²) >= 11 is 3.38. The molecule has 0 saturated carbocycles. The highest BCUT2D eigenvalue weighted by Crippen LogP contribution is 2.22. The molecule has 65 valence electrons. The van der Waals surface area contributed by atoms with Crippen LogP contribution in [0.4, 0.5) is 0 Å². The van der Waals surface area contributed by atoms with Crippen LogP contribution >= 0.6 is 15.9 Å². The first-order chi connectivity index (χ1) is 5.65. The third kappa shape index (κ3) is 2.08. The van der Waals surface area contributed by atoms with Gasteiger partial charge in [-0.2, -0.15) is 0 Å². The van der Waals surface area contributed by atoms with Crippen molar-refractivity contribution in [1.29, 1.82) is 0 Å². The fourth-order valence-electron chi connectivity index (χ4n) is 1.15. The van der Waals surface area contributed by atoms with E-state index in [1.54, 1.807) is 0 Å². The van der Waals surface area contributed by atoms with Gasteiger partial charge < -0.3 is 5.11 Å². The summed E-state index contributed by atoms with van der Waals surface area (Å²) in [6, 6.07) is 6.01. The fraction of sp³-hybridized carbons (Fsp3) is 0.300. The summed E-state index contributed by atoms with van der Waals surface area (Å²) in [5.41, 5.74) is 2.28. The van der Waals surface area contributed by atoms with Crippen LogP contribution in [0.3, 0.4) is 0 Å². The topological polar surface area (TPSA) is 20.2 Å². The van der Waals surface area contributed by atoms with Crippen LogP contribution in [0.15, 0.2) is 22.7 Å². The van der Waals surface area contributed by atoms with Gasteiger partial charge in [-0.25, -0.2) is 0 Å². The third-order valence-corrected chi connectivity index (χ3v) is 2.39. The second-order valence-corrected chi connectivity index (χ2v) is 3.80. The highest BCUT2D eigenvalue weighted by atomic mass is 79.9. The Morgan fingerprint density at radius 2 is 2.25 bits per heavy atom. The lowest BCUT2D eigenvalue weighted by Crippen LogP contribution is -2.01. The minimum atomic E-state index is -0.0255. The number of rotatable bonds is 2. The van der Waals surface area contributed by atoms with Gasteiger partial charge in [0.05, 0.1) is 0 Å². The molecule has 0 saturated heterocycles. The Morgan fingerprint density at radius 1 is 1.58 bits per heavy atom. The van der Waals surface area contributed by atoms with Gasteiger partial charge >= 0.3 is 0 Å². The molecule has 0 bridgehead atoms. The predicted octanol–water partition coefficient (Wildman–Crippen LogP) is 2.67. The van der Waals surface area contributed by atoms with Crippen LogP contribution in [0.1, 0.15) is 17.0 Å². The fourth-order valence-corrected chi connectivity index (χ4v) is 1.53. The maximum atomic E-state index is 8.93. The van der Waals surface area contributed by atoms with Crippen LogP contribution < -0.4 is 0 Å². The molecule has 0 heterocycles. The Kier molecular flexibility index (Phi) is 3.29. The van der Waals surface area contributed by atoms with Crippen LogP contribution in [0, 0.1) is 13.8 Å². The Labute approximate surface area is 81.6 Å². The summed E-state index contributed by atoms with van der Waals surface area (Å²) in [6.07, 6.45) is 0. The second-order valence-electron chi connectivity index (χ2n) is 2.88. The Bertz CT molecular complexity index is 271. The molecule has 0 spiro atoms. The van der Waals surface area contributed by atoms with E-state index in [1.165, 1.54) is 5.56 Å². The highest BCUT2D eigenvalue weighted by molar-refractivity contribution is 9.10. The number of halogens is 1. The van der Waals surface area contributed by atoms with Gasteiger partial charge in [0.25, 0.3) is 0 Å². The van der Waals surface area contributed by atoms with Crippen molar-refractivity contribution in [2.24, 2.45) is 0 Å². The SMILES string of the molecule is [CH2]C(CO)c1cc(Br)ccc1C. The van der Waals surface area contributed by atoms with Gasteiger partial charge in [-0.05, 0) is 37.1 Å². The van der Waals surface area contributed by atoms with Crippen molar-refractivity contribution in [1.82, 2.24) is 0 Å². The maximum Gasteiger partial charge on any atom is 0.0499 e. The molecule has 0 fully saturated rings. The van der Waals surface area contributed by atoms with E-state index >= 15 is 0 Å². The molecule has 1 unspecified atom stereocenters. The number of aliphatic hydroxyl groups is 1. The molecule has 1 rings (SSSR count). The van der Waals surface area contributed by atoms with Gasteiger partial charge in [-0.1, -0.05) is 22.0 Å². The molecule has 1 aromatic carbocycles. The third-order valence-electron chi connectivity index (χ3n) is 1.90. The monoisotopic (exact) mass is 227 g/mol. The van der Waals surface area contributed by atoms with E-state index in [9.17, 15) is 0 Å². The smallest absolute Gasteiger partial charge is 0.0499 e. The first kappa shape index (κ1) is 9.75. The average Bonchev–Trinajstić information content (AvgIpc) is 2.08. The molecule has 12 heavy (non-hydrogen) atoms. The van der Waals surface area contributed by atoms with E-state index in [4.69, 9.17) is 5.11 Å². The molecule has 1 N–H and O–H groups in total. The lowest BCUT2D eigenvalue weighted by molar-refractivity contribution is 0.282. The van der Waals surface area contributed by atoms with Crippen molar-refractivity contribution in [3.05, 3.63) is 40.7 Å². The van der Waals surface area contributed by atoms with Gasteiger partial charge in [0.15, 0.2) is 0 Å². The van der Waals surface area contributed by atoms with Crippen molar-refractivity contribution < 1.29 is 5.11 Å².